The zero-order valence-corrected chi connectivity index (χ0v) is 8.56. The molecule has 61 valence electrons. The van der Waals surface area contributed by atoms with E-state index in [0.717, 1.165) is 0 Å². The molecule has 2 aromatic rings. The minimum atomic E-state index is 0. The fraction of sp³-hybridized carbons (Fsp3) is 0.0909. The van der Waals surface area contributed by atoms with Gasteiger partial charge in [0, 0.05) is 0 Å². The molecule has 0 aliphatic carbocycles. The number of benzene rings is 2. The van der Waals surface area contributed by atoms with Crippen molar-refractivity contribution in [3.05, 3.63) is 48.0 Å². The topological polar surface area (TPSA) is 0 Å². The number of fused-ring (bicyclic) bond motifs is 1. The Morgan fingerprint density at radius 2 is 1.83 bits per heavy atom. The third-order valence-electron chi connectivity index (χ3n) is 1.90. The molecule has 1 heteroatoms. The molecule has 0 spiro atoms. The summed E-state index contributed by atoms with van der Waals surface area (Å²) in [7, 11) is 0. The summed E-state index contributed by atoms with van der Waals surface area (Å²) in [5, 5.41) is 2.50. The molecule has 0 bridgehead atoms. The summed E-state index contributed by atoms with van der Waals surface area (Å²) >= 11 is 0. The Kier molecular flexibility index (Phi) is 3.00. The van der Waals surface area contributed by atoms with E-state index in [-0.39, 0.29) is 19.5 Å². The first-order chi connectivity index (χ1) is 5.38. The van der Waals surface area contributed by atoms with Crippen molar-refractivity contribution in [1.82, 2.24) is 0 Å². The number of rotatable bonds is 0. The van der Waals surface area contributed by atoms with Crippen LogP contribution in [0.3, 0.4) is 0 Å². The molecule has 0 nitrogen and oxygen atoms in total. The SMILES string of the molecule is Cc1cccc2ccc[c-]c12.[Ru+]. The Bertz CT molecular complexity index is 374. The van der Waals surface area contributed by atoms with E-state index < -0.39 is 0 Å². The fourth-order valence-electron chi connectivity index (χ4n) is 1.31. The first-order valence-electron chi connectivity index (χ1n) is 3.74. The fourth-order valence-corrected chi connectivity index (χ4v) is 1.31. The first kappa shape index (κ1) is 9.41. The maximum absolute atomic E-state index is 3.22. The molecule has 2 rings (SSSR count). The van der Waals surface area contributed by atoms with Gasteiger partial charge in [-0.25, -0.2) is 0 Å². The zero-order chi connectivity index (χ0) is 7.68. The van der Waals surface area contributed by atoms with Gasteiger partial charge in [0.15, 0.2) is 0 Å². The molecular formula is C11H9Ru. The second-order valence-corrected chi connectivity index (χ2v) is 2.71. The second kappa shape index (κ2) is 3.82. The normalized spacial score (nSPS) is 9.42. The molecule has 1 radical (unpaired) electrons. The van der Waals surface area contributed by atoms with E-state index in [1.807, 2.05) is 12.1 Å². The van der Waals surface area contributed by atoms with Crippen LogP contribution < -0.4 is 0 Å². The van der Waals surface area contributed by atoms with Gasteiger partial charge in [0.25, 0.3) is 0 Å². The Labute approximate surface area is 85.4 Å². The van der Waals surface area contributed by atoms with Crippen LogP contribution in [0.1, 0.15) is 5.56 Å². The van der Waals surface area contributed by atoms with Gasteiger partial charge in [-0.1, -0.05) is 19.1 Å². The second-order valence-electron chi connectivity index (χ2n) is 2.71. The molecular weight excluding hydrogens is 233 g/mol. The molecule has 0 heterocycles. The average molecular weight is 242 g/mol. The number of hydrogen-bond acceptors (Lipinski definition) is 0. The van der Waals surface area contributed by atoms with E-state index in [0.29, 0.717) is 0 Å². The van der Waals surface area contributed by atoms with Crippen molar-refractivity contribution in [3.63, 3.8) is 0 Å². The van der Waals surface area contributed by atoms with E-state index in [1.54, 1.807) is 0 Å². The van der Waals surface area contributed by atoms with Crippen molar-refractivity contribution in [2.24, 2.45) is 0 Å². The van der Waals surface area contributed by atoms with Crippen LogP contribution in [0.2, 0.25) is 0 Å². The Hall–Kier alpha value is -0.677. The van der Waals surface area contributed by atoms with Gasteiger partial charge in [-0.05, 0) is 0 Å². The van der Waals surface area contributed by atoms with Crippen LogP contribution >= 0.6 is 0 Å². The molecule has 0 atom stereocenters. The van der Waals surface area contributed by atoms with E-state index in [2.05, 4.69) is 37.3 Å². The largest absolute Gasteiger partial charge is 1.00 e. The predicted octanol–water partition coefficient (Wildman–Crippen LogP) is 2.95. The van der Waals surface area contributed by atoms with Gasteiger partial charge in [-0.15, -0.1) is 46.7 Å². The quantitative estimate of drug-likeness (QED) is 0.492. The number of hydrogen-bond donors (Lipinski definition) is 0. The summed E-state index contributed by atoms with van der Waals surface area (Å²) in [5.41, 5.74) is 1.29. The molecule has 0 aliphatic rings. The maximum Gasteiger partial charge on any atom is 1.00 e. The van der Waals surface area contributed by atoms with Crippen LogP contribution in [0.15, 0.2) is 36.4 Å². The molecule has 0 aliphatic heterocycles. The van der Waals surface area contributed by atoms with Crippen LogP contribution in [0.5, 0.6) is 0 Å². The van der Waals surface area contributed by atoms with Gasteiger partial charge in [0.2, 0.25) is 0 Å². The maximum atomic E-state index is 3.22. The van der Waals surface area contributed by atoms with Gasteiger partial charge >= 0.3 is 19.5 Å². The molecule has 0 saturated heterocycles. The molecule has 0 unspecified atom stereocenters. The van der Waals surface area contributed by atoms with E-state index in [4.69, 9.17) is 0 Å². The summed E-state index contributed by atoms with van der Waals surface area (Å²) in [6.45, 7) is 2.11. The van der Waals surface area contributed by atoms with Crippen LogP contribution in [0.25, 0.3) is 10.8 Å². The van der Waals surface area contributed by atoms with Crippen LogP contribution in [0.4, 0.5) is 0 Å². The first-order valence-corrected chi connectivity index (χ1v) is 3.74. The van der Waals surface area contributed by atoms with Crippen molar-refractivity contribution in [2.45, 2.75) is 6.92 Å². The van der Waals surface area contributed by atoms with Gasteiger partial charge < -0.3 is 0 Å². The van der Waals surface area contributed by atoms with Gasteiger partial charge in [0.05, 0.1) is 0 Å². The summed E-state index contributed by atoms with van der Waals surface area (Å²) in [4.78, 5) is 0. The molecule has 0 amide bonds. The van der Waals surface area contributed by atoms with Gasteiger partial charge in [0.1, 0.15) is 0 Å². The Balaban J connectivity index is 0.000000720. The number of aryl methyl sites for hydroxylation is 1. The van der Waals surface area contributed by atoms with E-state index >= 15 is 0 Å². The van der Waals surface area contributed by atoms with E-state index in [9.17, 15) is 0 Å². The summed E-state index contributed by atoms with van der Waals surface area (Å²) < 4.78 is 0. The van der Waals surface area contributed by atoms with Crippen molar-refractivity contribution in [3.8, 4) is 0 Å². The summed E-state index contributed by atoms with van der Waals surface area (Å²) in [6.07, 6.45) is 0. The van der Waals surface area contributed by atoms with Crippen LogP contribution in [-0.2, 0) is 19.5 Å². The smallest absolute Gasteiger partial charge is 0.147 e. The monoisotopic (exact) mass is 243 g/mol. The van der Waals surface area contributed by atoms with Crippen molar-refractivity contribution >= 4 is 10.8 Å². The standard InChI is InChI=1S/C11H9.Ru/c1-9-5-4-7-10-6-2-3-8-11(9)10;/h2-7H,1H3;/q-1;+1. The van der Waals surface area contributed by atoms with Crippen molar-refractivity contribution in [1.29, 1.82) is 0 Å². The third-order valence-corrected chi connectivity index (χ3v) is 1.90. The Morgan fingerprint density at radius 1 is 1.08 bits per heavy atom. The molecule has 0 fully saturated rings. The Morgan fingerprint density at radius 3 is 2.58 bits per heavy atom. The third kappa shape index (κ3) is 1.56. The minimum absolute atomic E-state index is 0. The van der Waals surface area contributed by atoms with Crippen LogP contribution in [-0.4, -0.2) is 0 Å². The van der Waals surface area contributed by atoms with Crippen molar-refractivity contribution < 1.29 is 19.5 Å². The van der Waals surface area contributed by atoms with Gasteiger partial charge in [-0.3, -0.25) is 0 Å². The summed E-state index contributed by atoms with van der Waals surface area (Å²) in [6, 6.07) is 15.6. The molecule has 0 saturated carbocycles. The minimum Gasteiger partial charge on any atom is -0.147 e. The van der Waals surface area contributed by atoms with Crippen molar-refractivity contribution in [2.75, 3.05) is 0 Å². The molecule has 0 aromatic heterocycles. The van der Waals surface area contributed by atoms with Gasteiger partial charge in [-0.2, -0.15) is 0 Å². The van der Waals surface area contributed by atoms with Crippen LogP contribution in [0, 0.1) is 13.0 Å². The predicted molar refractivity (Wildman–Crippen MR) is 47.5 cm³/mol. The van der Waals surface area contributed by atoms with E-state index in [1.165, 1.54) is 16.3 Å². The average Bonchev–Trinajstić information content (AvgIpc) is 2.06. The zero-order valence-electron chi connectivity index (χ0n) is 6.82. The molecule has 0 N–H and O–H groups in total. The summed E-state index contributed by atoms with van der Waals surface area (Å²) in [5.74, 6) is 0. The molecule has 2 aromatic carbocycles. The molecule has 12 heavy (non-hydrogen) atoms.